The zero-order valence-electron chi connectivity index (χ0n) is 71.8. The van der Waals surface area contributed by atoms with E-state index < -0.39 is 32.3 Å². The summed E-state index contributed by atoms with van der Waals surface area (Å²) < 4.78 is 9.56. The van der Waals surface area contributed by atoms with E-state index in [0.29, 0.717) is 17.8 Å². The largest absolute Gasteiger partial charge is 0.212 e. The fourth-order valence-corrected chi connectivity index (χ4v) is 25.4. The normalized spacial score (nSPS) is 15.8. The highest BCUT2D eigenvalue weighted by Gasteiger charge is 2.36. The molecule has 0 saturated heterocycles. The first-order valence-electron chi connectivity index (χ1n) is 41.9. The van der Waals surface area contributed by atoms with Crippen molar-refractivity contribution in [3.63, 3.8) is 0 Å². The molecular formula is C97H146N4Si4+4. The summed E-state index contributed by atoms with van der Waals surface area (Å²) in [5.74, 6) is 5.07. The van der Waals surface area contributed by atoms with Gasteiger partial charge in [-0.2, -0.15) is 0 Å². The molecule has 4 fully saturated rings. The molecule has 4 saturated carbocycles. The van der Waals surface area contributed by atoms with Gasteiger partial charge in [-0.05, 0) is 231 Å². The summed E-state index contributed by atoms with van der Waals surface area (Å²) >= 11 is 0. The zero-order valence-corrected chi connectivity index (χ0v) is 75.8. The molecule has 566 valence electrons. The average molecular weight is 1480 g/mol. The Labute approximate surface area is 646 Å². The predicted molar refractivity (Wildman–Crippen MR) is 469 cm³/mol. The number of benzene rings is 4. The van der Waals surface area contributed by atoms with Gasteiger partial charge in [-0.15, -0.1) is 0 Å². The van der Waals surface area contributed by atoms with Crippen molar-refractivity contribution in [3.8, 4) is 45.0 Å². The number of hydrogen-bond acceptors (Lipinski definition) is 0. The summed E-state index contributed by atoms with van der Waals surface area (Å²) in [5, 5.41) is 6.69. The lowest BCUT2D eigenvalue weighted by Gasteiger charge is -2.24. The minimum Gasteiger partial charge on any atom is -0.201 e. The number of hydrogen-bond donors (Lipinski definition) is 0. The van der Waals surface area contributed by atoms with Gasteiger partial charge in [0.25, 0.3) is 0 Å². The van der Waals surface area contributed by atoms with Crippen molar-refractivity contribution in [3.05, 3.63) is 189 Å². The molecule has 105 heavy (non-hydrogen) atoms. The molecule has 4 aromatic carbocycles. The van der Waals surface area contributed by atoms with E-state index in [1.165, 1.54) is 205 Å². The molecule has 0 bridgehead atoms. The molecule has 4 nitrogen and oxygen atoms in total. The van der Waals surface area contributed by atoms with Crippen molar-refractivity contribution in [2.45, 2.75) is 312 Å². The van der Waals surface area contributed by atoms with Crippen LogP contribution in [-0.2, 0) is 34.6 Å². The van der Waals surface area contributed by atoms with Crippen molar-refractivity contribution < 1.29 is 18.3 Å². The quantitative estimate of drug-likeness (QED) is 0.0601. The van der Waals surface area contributed by atoms with Gasteiger partial charge in [0.1, 0.15) is 28.2 Å². The van der Waals surface area contributed by atoms with Crippen LogP contribution in [0.25, 0.3) is 45.0 Å². The SMILES string of the molecule is CCC(CC)c1ccc(C)c(-c2cc([Si](C)(C)C)c(C3CCCC3)c[n+]2C)c1.Cc1cc(C(C)C)ccc1-c1cc([Si](C)(C)C)c(C2CCCC2)c[n+]1C.Cc1cc(CC(C)C)ccc1-c1cc([Si](C)(C)C)c(C2CCCC2)c[n+]1C.Cc1ccc(-c2cc([Si](C)(C)C)c(C3CCCC3)c[n+]2C)c(C)c1. The second-order valence-corrected chi connectivity index (χ2v) is 58.5. The summed E-state index contributed by atoms with van der Waals surface area (Å²) in [7, 11) is 3.38. The minimum absolute atomic E-state index is 0.582. The first kappa shape index (κ1) is 83.4. The van der Waals surface area contributed by atoms with Crippen LogP contribution >= 0.6 is 0 Å². The van der Waals surface area contributed by atoms with Crippen molar-refractivity contribution in [2.24, 2.45) is 34.1 Å². The van der Waals surface area contributed by atoms with E-state index in [0.717, 1.165) is 30.1 Å². The molecule has 0 spiro atoms. The monoisotopic (exact) mass is 1480 g/mol. The van der Waals surface area contributed by atoms with E-state index in [9.17, 15) is 0 Å². The van der Waals surface area contributed by atoms with Gasteiger partial charge < -0.3 is 0 Å². The molecule has 0 aliphatic heterocycles. The van der Waals surface area contributed by atoms with Gasteiger partial charge in [0.2, 0.25) is 22.8 Å². The Hall–Kier alpha value is -5.65. The lowest BCUT2D eigenvalue weighted by molar-refractivity contribution is -0.660. The van der Waals surface area contributed by atoms with Crippen LogP contribution in [0.3, 0.4) is 0 Å². The van der Waals surface area contributed by atoms with Crippen molar-refractivity contribution in [1.29, 1.82) is 0 Å². The van der Waals surface area contributed by atoms with E-state index in [4.69, 9.17) is 0 Å². The molecule has 8 aromatic rings. The van der Waals surface area contributed by atoms with Gasteiger partial charge in [-0.3, -0.25) is 0 Å². The zero-order chi connectivity index (χ0) is 76.8. The molecule has 4 aliphatic carbocycles. The van der Waals surface area contributed by atoms with E-state index in [1.54, 1.807) is 43.0 Å². The Morgan fingerprint density at radius 1 is 0.333 bits per heavy atom. The minimum atomic E-state index is -1.41. The van der Waals surface area contributed by atoms with Crippen molar-refractivity contribution in [2.75, 3.05) is 0 Å². The summed E-state index contributed by atoms with van der Waals surface area (Å²) in [5.41, 5.74) is 29.0. The summed E-state index contributed by atoms with van der Waals surface area (Å²) in [6.45, 7) is 55.0. The Kier molecular flexibility index (Phi) is 28.1. The number of nitrogens with zero attached hydrogens (tertiary/aromatic N) is 4. The second-order valence-electron chi connectivity index (χ2n) is 38.4. The van der Waals surface area contributed by atoms with Crippen LogP contribution < -0.4 is 39.0 Å². The smallest absolute Gasteiger partial charge is 0.201 e. The van der Waals surface area contributed by atoms with Crippen LogP contribution in [0.1, 0.15) is 259 Å². The Balaban J connectivity index is 0.000000162. The van der Waals surface area contributed by atoms with Gasteiger partial charge in [-0.25, -0.2) is 18.3 Å². The second kappa shape index (κ2) is 35.4. The molecule has 4 aliphatic rings. The van der Waals surface area contributed by atoms with Gasteiger partial charge in [0.05, 0.1) is 32.3 Å². The van der Waals surface area contributed by atoms with Gasteiger partial charge in [-0.1, -0.05) is 226 Å². The predicted octanol–water partition coefficient (Wildman–Crippen LogP) is 23.3. The Bertz CT molecular complexity index is 4270. The molecule has 8 heteroatoms. The van der Waals surface area contributed by atoms with Gasteiger partial charge >= 0.3 is 0 Å². The highest BCUT2D eigenvalue weighted by molar-refractivity contribution is 6.90. The fourth-order valence-electron chi connectivity index (χ4n) is 18.6. The van der Waals surface area contributed by atoms with Gasteiger partial charge in [0.15, 0.2) is 24.8 Å². The van der Waals surface area contributed by atoms with E-state index in [2.05, 4.69) is 323 Å². The lowest BCUT2D eigenvalue weighted by atomic mass is 9.90. The Morgan fingerprint density at radius 3 is 0.933 bits per heavy atom. The first-order valence-corrected chi connectivity index (χ1v) is 55.9. The molecule has 0 amide bonds. The number of rotatable bonds is 18. The summed E-state index contributed by atoms with van der Waals surface area (Å²) in [6.07, 6.45) is 35.7. The maximum Gasteiger partial charge on any atom is 0.212 e. The highest BCUT2D eigenvalue weighted by Crippen LogP contribution is 2.40. The highest BCUT2D eigenvalue weighted by atomic mass is 28.3. The van der Waals surface area contributed by atoms with Crippen LogP contribution in [0.15, 0.2) is 122 Å². The summed E-state index contributed by atoms with van der Waals surface area (Å²) in [4.78, 5) is 0. The number of aryl methyl sites for hydroxylation is 9. The van der Waals surface area contributed by atoms with Crippen LogP contribution in [0.2, 0.25) is 78.6 Å². The standard InChI is InChI=1S/C26H40NSi.C25H38NSi.C24H36NSi.C22H32NSi/c1-8-20(9-2)22-15-14-19(3)23(16-22)25-17-26(28(5,6)7)24(18-27(25)4)21-12-10-11-13-21;1-18(2)14-20-12-13-22(19(3)15-20)24-16-25(27(5,6)7)23(17-26(24)4)21-10-8-9-11-21;1-17(2)20-12-13-21(18(3)14-20)23-15-24(26(5,6)7)22(16-25(23)4)19-10-8-9-11-19;1-16-11-12-19(17(2)13-16)21-14-22(24(4,5)6)20(15-23(21)3)18-9-7-8-10-18/h14-18,20-21H,8-13H2,1-7H3;12-13,15-18,21H,8-11,14H2,1-7H3;12-17,19H,8-11H2,1-7H3;11-15,18H,7-10H2,1-6H3/q4*+1. The number of pyridine rings is 4. The molecule has 12 rings (SSSR count). The van der Waals surface area contributed by atoms with Crippen LogP contribution in [0, 0.1) is 40.5 Å². The third kappa shape index (κ3) is 20.6. The van der Waals surface area contributed by atoms with E-state index >= 15 is 0 Å². The van der Waals surface area contributed by atoms with Crippen LogP contribution in [-0.4, -0.2) is 32.3 Å². The average Bonchev–Trinajstić information content (AvgIpc) is 1.74. The van der Waals surface area contributed by atoms with Crippen molar-refractivity contribution in [1.82, 2.24) is 0 Å². The van der Waals surface area contributed by atoms with Crippen molar-refractivity contribution >= 4 is 53.0 Å². The van der Waals surface area contributed by atoms with E-state index in [-0.39, 0.29) is 0 Å². The maximum absolute atomic E-state index is 2.57. The van der Waals surface area contributed by atoms with Crippen LogP contribution in [0.4, 0.5) is 0 Å². The number of aromatic nitrogens is 4. The first-order chi connectivity index (χ1) is 49.4. The fraction of sp³-hybridized carbons (Fsp3) is 0.546. The molecule has 0 radical (unpaired) electrons. The molecule has 0 atom stereocenters. The molecule has 0 N–H and O–H groups in total. The third-order valence-corrected chi connectivity index (χ3v) is 32.9. The summed E-state index contributed by atoms with van der Waals surface area (Å²) in [6, 6.07) is 38.3. The molecule has 4 aromatic heterocycles. The molecule has 4 heterocycles. The van der Waals surface area contributed by atoms with E-state index in [1.807, 2.05) is 0 Å². The molecule has 0 unspecified atom stereocenters. The Morgan fingerprint density at radius 2 is 0.638 bits per heavy atom. The maximum atomic E-state index is 2.57. The lowest BCUT2D eigenvalue weighted by Crippen LogP contribution is -2.45. The van der Waals surface area contributed by atoms with Gasteiger partial charge in [0, 0.05) is 68.8 Å². The third-order valence-electron chi connectivity index (χ3n) is 24.7. The van der Waals surface area contributed by atoms with Crippen LogP contribution in [0.5, 0.6) is 0 Å². The topological polar surface area (TPSA) is 15.5 Å². The molecular weight excluding hydrogens is 1330 g/mol.